The molecule has 0 radical (unpaired) electrons. The van der Waals surface area contributed by atoms with Gasteiger partial charge in [-0.3, -0.25) is 14.9 Å². The lowest BCUT2D eigenvalue weighted by Crippen LogP contribution is -2.42. The van der Waals surface area contributed by atoms with Crippen molar-refractivity contribution in [2.45, 2.75) is 18.6 Å². The van der Waals surface area contributed by atoms with Gasteiger partial charge in [-0.1, -0.05) is 36.4 Å². The number of ether oxygens (including phenoxy) is 2. The van der Waals surface area contributed by atoms with Crippen LogP contribution in [0.1, 0.15) is 12.0 Å². The Hall–Kier alpha value is -2.63. The van der Waals surface area contributed by atoms with Gasteiger partial charge in [0.2, 0.25) is 11.8 Å². The summed E-state index contributed by atoms with van der Waals surface area (Å²) < 4.78 is 10.6. The van der Waals surface area contributed by atoms with Crippen LogP contribution in [0.3, 0.4) is 0 Å². The fourth-order valence-corrected chi connectivity index (χ4v) is 3.87. The van der Waals surface area contributed by atoms with E-state index in [9.17, 15) is 14.4 Å². The van der Waals surface area contributed by atoms with Gasteiger partial charge >= 0.3 is 6.16 Å². The van der Waals surface area contributed by atoms with Crippen LogP contribution < -0.4 is 5.32 Å². The summed E-state index contributed by atoms with van der Waals surface area (Å²) in [5, 5.41) is 2.33. The summed E-state index contributed by atoms with van der Waals surface area (Å²) in [4.78, 5) is 35.9. The van der Waals surface area contributed by atoms with Gasteiger partial charge in [-0.05, 0) is 24.0 Å². The van der Waals surface area contributed by atoms with Crippen molar-refractivity contribution in [2.75, 3.05) is 0 Å². The third-order valence-electron chi connectivity index (χ3n) is 4.83. The van der Waals surface area contributed by atoms with Gasteiger partial charge in [0.25, 0.3) is 0 Å². The maximum absolute atomic E-state index is 12.0. The Balaban J connectivity index is 1.46. The molecule has 23 heavy (non-hydrogen) atoms. The van der Waals surface area contributed by atoms with Gasteiger partial charge in [-0.15, -0.1) is 0 Å². The lowest BCUT2D eigenvalue weighted by atomic mass is 9.83. The molecule has 1 saturated heterocycles. The fourth-order valence-electron chi connectivity index (χ4n) is 3.87. The van der Waals surface area contributed by atoms with Crippen molar-refractivity contribution in [3.8, 4) is 0 Å². The Morgan fingerprint density at radius 1 is 1.22 bits per heavy atom. The van der Waals surface area contributed by atoms with Gasteiger partial charge in [0, 0.05) is 0 Å². The molecular weight excluding hydrogens is 298 g/mol. The number of hydrogen-bond acceptors (Lipinski definition) is 5. The number of hydrogen-bond donors (Lipinski definition) is 1. The highest BCUT2D eigenvalue weighted by atomic mass is 16.7. The van der Waals surface area contributed by atoms with E-state index in [1.807, 2.05) is 36.4 Å². The molecule has 2 aliphatic carbocycles. The molecule has 1 aromatic rings. The first-order valence-electron chi connectivity index (χ1n) is 7.53. The van der Waals surface area contributed by atoms with E-state index in [-0.39, 0.29) is 24.3 Å². The van der Waals surface area contributed by atoms with Crippen LogP contribution >= 0.6 is 0 Å². The fraction of sp³-hybridized carbons (Fsp3) is 0.353. The van der Waals surface area contributed by atoms with Crippen LogP contribution in [0, 0.1) is 17.8 Å². The zero-order chi connectivity index (χ0) is 16.0. The number of rotatable bonds is 3. The molecule has 6 nitrogen and oxygen atoms in total. The monoisotopic (exact) mass is 313 g/mol. The first kappa shape index (κ1) is 14.0. The summed E-state index contributed by atoms with van der Waals surface area (Å²) in [5.74, 6) is -1.79. The van der Waals surface area contributed by atoms with E-state index < -0.39 is 23.6 Å². The summed E-state index contributed by atoms with van der Waals surface area (Å²) in [5.41, 5.74) is -0.209. The average Bonchev–Trinajstić information content (AvgIpc) is 3.18. The quantitative estimate of drug-likeness (QED) is 0.520. The normalized spacial score (nSPS) is 33.5. The van der Waals surface area contributed by atoms with Gasteiger partial charge in [-0.2, -0.15) is 0 Å². The predicted molar refractivity (Wildman–Crippen MR) is 77.8 cm³/mol. The average molecular weight is 313 g/mol. The minimum Gasteiger partial charge on any atom is -0.429 e. The Labute approximate surface area is 132 Å². The Bertz CT molecular complexity index is 713. The molecule has 4 unspecified atom stereocenters. The molecule has 6 heteroatoms. The standard InChI is InChI=1S/C17H15NO5/c19-14-12-11-6-7-17(8-11,13(12)15(20)18-14)23-16(21)22-9-10-4-2-1-3-5-10/h1-7,11-13H,8-9H2,(H,18,19,20). The summed E-state index contributed by atoms with van der Waals surface area (Å²) in [6, 6.07) is 9.25. The van der Waals surface area contributed by atoms with E-state index in [0.717, 1.165) is 5.56 Å². The number of allylic oxidation sites excluding steroid dienone is 1. The maximum atomic E-state index is 12.0. The molecule has 1 saturated carbocycles. The van der Waals surface area contributed by atoms with Crippen LogP contribution in [0.15, 0.2) is 42.5 Å². The Kier molecular flexibility index (Phi) is 3.01. The van der Waals surface area contributed by atoms with E-state index in [2.05, 4.69) is 5.32 Å². The molecule has 4 atom stereocenters. The van der Waals surface area contributed by atoms with E-state index in [0.29, 0.717) is 6.42 Å². The zero-order valence-electron chi connectivity index (χ0n) is 12.2. The van der Waals surface area contributed by atoms with Crippen molar-refractivity contribution in [1.82, 2.24) is 5.32 Å². The highest BCUT2D eigenvalue weighted by Gasteiger charge is 2.66. The second-order valence-corrected chi connectivity index (χ2v) is 6.17. The number of carbonyl (C=O) groups excluding carboxylic acids is 3. The first-order chi connectivity index (χ1) is 11.1. The molecule has 2 fully saturated rings. The molecule has 2 bridgehead atoms. The van der Waals surface area contributed by atoms with E-state index in [1.54, 1.807) is 6.08 Å². The van der Waals surface area contributed by atoms with Crippen LogP contribution in [-0.4, -0.2) is 23.6 Å². The minimum absolute atomic E-state index is 0.0617. The van der Waals surface area contributed by atoms with Gasteiger partial charge in [-0.25, -0.2) is 4.79 Å². The van der Waals surface area contributed by atoms with Gasteiger partial charge < -0.3 is 9.47 Å². The van der Waals surface area contributed by atoms with Crippen molar-refractivity contribution in [2.24, 2.45) is 17.8 Å². The smallest absolute Gasteiger partial charge is 0.429 e. The lowest BCUT2D eigenvalue weighted by molar-refractivity contribution is -0.129. The second-order valence-electron chi connectivity index (χ2n) is 6.17. The van der Waals surface area contributed by atoms with Gasteiger partial charge in [0.1, 0.15) is 12.2 Å². The summed E-state index contributed by atoms with van der Waals surface area (Å²) >= 11 is 0. The van der Waals surface area contributed by atoms with Crippen LogP contribution in [0.4, 0.5) is 4.79 Å². The van der Waals surface area contributed by atoms with E-state index in [4.69, 9.17) is 9.47 Å². The van der Waals surface area contributed by atoms with Crippen LogP contribution in [0.2, 0.25) is 0 Å². The van der Waals surface area contributed by atoms with Gasteiger partial charge in [0.15, 0.2) is 0 Å². The molecule has 0 aromatic heterocycles. The summed E-state index contributed by atoms with van der Waals surface area (Å²) in [6.07, 6.45) is 3.21. The van der Waals surface area contributed by atoms with Crippen molar-refractivity contribution in [3.05, 3.63) is 48.0 Å². The van der Waals surface area contributed by atoms with Gasteiger partial charge in [0.05, 0.1) is 11.8 Å². The molecule has 118 valence electrons. The number of imide groups is 1. The SMILES string of the molecule is O=C(OCc1ccccc1)OC12C=CC(C1)C1C(=O)NC(=O)C12. The molecule has 1 N–H and O–H groups in total. The second kappa shape index (κ2) is 4.94. The Morgan fingerprint density at radius 3 is 2.78 bits per heavy atom. The zero-order valence-corrected chi connectivity index (χ0v) is 12.2. The molecule has 2 amide bonds. The van der Waals surface area contributed by atoms with Crippen LogP contribution in [0.25, 0.3) is 0 Å². The largest absolute Gasteiger partial charge is 0.509 e. The number of fused-ring (bicyclic) bond motifs is 5. The Morgan fingerprint density at radius 2 is 2.00 bits per heavy atom. The lowest BCUT2D eigenvalue weighted by Gasteiger charge is -2.29. The van der Waals surface area contributed by atoms with Crippen molar-refractivity contribution in [1.29, 1.82) is 0 Å². The predicted octanol–water partition coefficient (Wildman–Crippen LogP) is 1.56. The molecular formula is C17H15NO5. The highest BCUT2D eigenvalue weighted by Crippen LogP contribution is 2.55. The molecule has 1 aromatic carbocycles. The van der Waals surface area contributed by atoms with Crippen molar-refractivity contribution in [3.63, 3.8) is 0 Å². The molecule has 1 heterocycles. The number of nitrogens with one attached hydrogen (secondary N) is 1. The number of benzene rings is 1. The maximum Gasteiger partial charge on any atom is 0.509 e. The molecule has 3 aliphatic rings. The van der Waals surface area contributed by atoms with E-state index >= 15 is 0 Å². The third kappa shape index (κ3) is 2.13. The summed E-state index contributed by atoms with van der Waals surface area (Å²) in [6.45, 7) is 0.0993. The topological polar surface area (TPSA) is 81.7 Å². The van der Waals surface area contributed by atoms with Crippen LogP contribution in [0.5, 0.6) is 0 Å². The minimum atomic E-state index is -1.06. The third-order valence-corrected chi connectivity index (χ3v) is 4.83. The summed E-state index contributed by atoms with van der Waals surface area (Å²) in [7, 11) is 0. The molecule has 0 spiro atoms. The molecule has 1 aliphatic heterocycles. The van der Waals surface area contributed by atoms with E-state index in [1.165, 1.54) is 0 Å². The molecule has 4 rings (SSSR count). The van der Waals surface area contributed by atoms with Crippen LogP contribution in [-0.2, 0) is 25.7 Å². The van der Waals surface area contributed by atoms with Crippen molar-refractivity contribution >= 4 is 18.0 Å². The number of carbonyl (C=O) groups is 3. The first-order valence-corrected chi connectivity index (χ1v) is 7.53. The van der Waals surface area contributed by atoms with Crippen molar-refractivity contribution < 1.29 is 23.9 Å². The number of amides is 2. The highest BCUT2D eigenvalue weighted by molar-refractivity contribution is 6.07.